The zero-order valence-electron chi connectivity index (χ0n) is 11.5. The van der Waals surface area contributed by atoms with Crippen LogP contribution in [0.3, 0.4) is 0 Å². The lowest BCUT2D eigenvalue weighted by molar-refractivity contribution is 0.0313. The van der Waals surface area contributed by atoms with Gasteiger partial charge in [0.05, 0.1) is 6.10 Å². The SMILES string of the molecule is CCCCCCC(C)OC(=O)c1cn2ccsc2n1. The molecule has 0 radical (unpaired) electrons. The average molecular weight is 280 g/mol. The number of aromatic nitrogens is 2. The molecule has 0 amide bonds. The van der Waals surface area contributed by atoms with Gasteiger partial charge in [0.1, 0.15) is 0 Å². The molecule has 2 aromatic heterocycles. The molecule has 2 aromatic rings. The Labute approximate surface area is 117 Å². The summed E-state index contributed by atoms with van der Waals surface area (Å²) >= 11 is 1.51. The van der Waals surface area contributed by atoms with E-state index in [1.165, 1.54) is 30.6 Å². The summed E-state index contributed by atoms with van der Waals surface area (Å²) < 4.78 is 7.25. The molecular formula is C14H20N2O2S. The molecule has 0 saturated carbocycles. The van der Waals surface area contributed by atoms with Crippen LogP contribution >= 0.6 is 11.3 Å². The lowest BCUT2D eigenvalue weighted by Gasteiger charge is -2.11. The minimum absolute atomic E-state index is 0.0379. The number of imidazole rings is 1. The number of rotatable bonds is 7. The number of nitrogens with zero attached hydrogens (tertiary/aromatic N) is 2. The highest BCUT2D eigenvalue weighted by Crippen LogP contribution is 2.14. The summed E-state index contributed by atoms with van der Waals surface area (Å²) in [5, 5.41) is 1.94. The number of fused-ring (bicyclic) bond motifs is 1. The van der Waals surface area contributed by atoms with Gasteiger partial charge >= 0.3 is 5.97 Å². The lowest BCUT2D eigenvalue weighted by Crippen LogP contribution is -2.15. The van der Waals surface area contributed by atoms with Gasteiger partial charge in [-0.15, -0.1) is 11.3 Å². The minimum atomic E-state index is -0.320. The number of hydrogen-bond donors (Lipinski definition) is 0. The Morgan fingerprint density at radius 3 is 3.05 bits per heavy atom. The van der Waals surface area contributed by atoms with E-state index in [0.717, 1.165) is 17.8 Å². The Hall–Kier alpha value is -1.36. The van der Waals surface area contributed by atoms with Crippen molar-refractivity contribution in [1.29, 1.82) is 0 Å². The number of esters is 1. The van der Waals surface area contributed by atoms with Gasteiger partial charge in [0.2, 0.25) is 0 Å². The quantitative estimate of drug-likeness (QED) is 0.570. The summed E-state index contributed by atoms with van der Waals surface area (Å²) in [6.45, 7) is 4.14. The number of hydrogen-bond acceptors (Lipinski definition) is 4. The van der Waals surface area contributed by atoms with Gasteiger partial charge < -0.3 is 4.74 Å². The zero-order valence-corrected chi connectivity index (χ0v) is 12.3. The highest BCUT2D eigenvalue weighted by molar-refractivity contribution is 7.15. The molecule has 1 atom stereocenters. The fraction of sp³-hybridized carbons (Fsp3) is 0.571. The molecule has 0 aliphatic carbocycles. The Balaban J connectivity index is 1.81. The zero-order chi connectivity index (χ0) is 13.7. The summed E-state index contributed by atoms with van der Waals surface area (Å²) in [4.78, 5) is 17.0. The first-order chi connectivity index (χ1) is 9.20. The third-order valence-corrected chi connectivity index (χ3v) is 3.85. The maximum Gasteiger partial charge on any atom is 0.358 e. The molecule has 0 saturated heterocycles. The van der Waals surface area contributed by atoms with Gasteiger partial charge in [-0.1, -0.05) is 26.2 Å². The molecule has 0 aromatic carbocycles. The van der Waals surface area contributed by atoms with E-state index in [9.17, 15) is 4.79 Å². The van der Waals surface area contributed by atoms with Crippen molar-refractivity contribution < 1.29 is 9.53 Å². The molecule has 0 N–H and O–H groups in total. The van der Waals surface area contributed by atoms with E-state index in [1.807, 2.05) is 22.9 Å². The first-order valence-corrected chi connectivity index (χ1v) is 7.72. The fourth-order valence-electron chi connectivity index (χ4n) is 1.99. The number of ether oxygens (including phenoxy) is 1. The van der Waals surface area contributed by atoms with Crippen molar-refractivity contribution in [3.63, 3.8) is 0 Å². The molecule has 4 nitrogen and oxygen atoms in total. The summed E-state index contributed by atoms with van der Waals surface area (Å²) in [5.41, 5.74) is 0.396. The number of carbonyl (C=O) groups excluding carboxylic acids is 1. The van der Waals surface area contributed by atoms with Crippen molar-refractivity contribution >= 4 is 22.3 Å². The van der Waals surface area contributed by atoms with Crippen LogP contribution in [0.1, 0.15) is 56.4 Å². The van der Waals surface area contributed by atoms with Crippen LogP contribution in [-0.4, -0.2) is 21.5 Å². The molecule has 0 aliphatic heterocycles. The van der Waals surface area contributed by atoms with Crippen molar-refractivity contribution in [1.82, 2.24) is 9.38 Å². The van der Waals surface area contributed by atoms with Crippen LogP contribution in [0.25, 0.3) is 4.96 Å². The predicted molar refractivity (Wildman–Crippen MR) is 76.7 cm³/mol. The standard InChI is InChI=1S/C14H20N2O2S/c1-3-4-5-6-7-11(2)18-13(17)12-10-16-8-9-19-14(16)15-12/h8-11H,3-7H2,1-2H3. The van der Waals surface area contributed by atoms with Crippen LogP contribution in [0.2, 0.25) is 0 Å². The van der Waals surface area contributed by atoms with E-state index in [-0.39, 0.29) is 12.1 Å². The van der Waals surface area contributed by atoms with Crippen molar-refractivity contribution in [2.45, 2.75) is 52.1 Å². The largest absolute Gasteiger partial charge is 0.458 e. The van der Waals surface area contributed by atoms with Crippen molar-refractivity contribution in [3.8, 4) is 0 Å². The number of thiazole rings is 1. The molecule has 5 heteroatoms. The number of unbranched alkanes of at least 4 members (excludes halogenated alkanes) is 3. The van der Waals surface area contributed by atoms with Crippen LogP contribution in [0, 0.1) is 0 Å². The van der Waals surface area contributed by atoms with Gasteiger partial charge in [-0.25, -0.2) is 9.78 Å². The maximum atomic E-state index is 11.9. The van der Waals surface area contributed by atoms with Gasteiger partial charge in [0, 0.05) is 17.8 Å². The summed E-state index contributed by atoms with van der Waals surface area (Å²) in [7, 11) is 0. The molecule has 0 aliphatic rings. The molecule has 2 heterocycles. The van der Waals surface area contributed by atoms with Crippen molar-refractivity contribution in [3.05, 3.63) is 23.5 Å². The van der Waals surface area contributed by atoms with E-state index in [4.69, 9.17) is 4.74 Å². The van der Waals surface area contributed by atoms with E-state index >= 15 is 0 Å². The van der Waals surface area contributed by atoms with Crippen LogP contribution < -0.4 is 0 Å². The number of carbonyl (C=O) groups is 1. The topological polar surface area (TPSA) is 43.6 Å². The fourth-order valence-corrected chi connectivity index (χ4v) is 2.69. The molecule has 0 fully saturated rings. The maximum absolute atomic E-state index is 11.9. The highest BCUT2D eigenvalue weighted by Gasteiger charge is 2.15. The van der Waals surface area contributed by atoms with Gasteiger partial charge in [-0.05, 0) is 19.8 Å². The molecule has 104 valence electrons. The Morgan fingerprint density at radius 2 is 2.32 bits per heavy atom. The van der Waals surface area contributed by atoms with Gasteiger partial charge in [0.15, 0.2) is 10.7 Å². The van der Waals surface area contributed by atoms with Crippen LogP contribution in [0.15, 0.2) is 17.8 Å². The molecule has 19 heavy (non-hydrogen) atoms. The van der Waals surface area contributed by atoms with E-state index < -0.39 is 0 Å². The minimum Gasteiger partial charge on any atom is -0.458 e. The van der Waals surface area contributed by atoms with Crippen molar-refractivity contribution in [2.24, 2.45) is 0 Å². The van der Waals surface area contributed by atoms with Crippen LogP contribution in [0.4, 0.5) is 0 Å². The van der Waals surface area contributed by atoms with Gasteiger partial charge in [-0.3, -0.25) is 4.40 Å². The Kier molecular flexibility index (Phi) is 4.96. The second-order valence-electron chi connectivity index (χ2n) is 4.78. The highest BCUT2D eigenvalue weighted by atomic mass is 32.1. The van der Waals surface area contributed by atoms with E-state index in [2.05, 4.69) is 11.9 Å². The molecular weight excluding hydrogens is 260 g/mol. The van der Waals surface area contributed by atoms with E-state index in [1.54, 1.807) is 6.20 Å². The van der Waals surface area contributed by atoms with E-state index in [0.29, 0.717) is 5.69 Å². The summed E-state index contributed by atoms with van der Waals surface area (Å²) in [6, 6.07) is 0. The first-order valence-electron chi connectivity index (χ1n) is 6.84. The van der Waals surface area contributed by atoms with Crippen LogP contribution in [0.5, 0.6) is 0 Å². The molecule has 2 rings (SSSR count). The monoisotopic (exact) mass is 280 g/mol. The second-order valence-corrected chi connectivity index (χ2v) is 5.66. The molecule has 0 bridgehead atoms. The third kappa shape index (κ3) is 3.80. The summed E-state index contributed by atoms with van der Waals surface area (Å²) in [6.07, 6.45) is 9.28. The molecule has 0 spiro atoms. The van der Waals surface area contributed by atoms with Gasteiger partial charge in [-0.2, -0.15) is 0 Å². The Morgan fingerprint density at radius 1 is 1.47 bits per heavy atom. The second kappa shape index (κ2) is 6.70. The third-order valence-electron chi connectivity index (χ3n) is 3.07. The van der Waals surface area contributed by atoms with Crippen LogP contribution in [-0.2, 0) is 4.74 Å². The normalized spacial score (nSPS) is 12.7. The first kappa shape index (κ1) is 14.1. The van der Waals surface area contributed by atoms with Crippen molar-refractivity contribution in [2.75, 3.05) is 0 Å². The van der Waals surface area contributed by atoms with Gasteiger partial charge in [0.25, 0.3) is 0 Å². The Bertz CT molecular complexity index is 504. The average Bonchev–Trinajstić information content (AvgIpc) is 2.95. The summed E-state index contributed by atoms with van der Waals surface area (Å²) in [5.74, 6) is -0.320. The lowest BCUT2D eigenvalue weighted by atomic mass is 10.1. The predicted octanol–water partition coefficient (Wildman–Crippen LogP) is 3.91. The molecule has 1 unspecified atom stereocenters. The smallest absolute Gasteiger partial charge is 0.358 e.